The third kappa shape index (κ3) is 4.87. The van der Waals surface area contributed by atoms with Crippen LogP contribution in [0.25, 0.3) is 0 Å². The van der Waals surface area contributed by atoms with Crippen LogP contribution in [0.4, 0.5) is 0 Å². The molecular formula is C18H22BrNO. The fourth-order valence-electron chi connectivity index (χ4n) is 2.33. The van der Waals surface area contributed by atoms with Crippen molar-refractivity contribution in [3.8, 4) is 5.75 Å². The Morgan fingerprint density at radius 3 is 2.48 bits per heavy atom. The Morgan fingerprint density at radius 1 is 1.10 bits per heavy atom. The number of hydrogen-bond acceptors (Lipinski definition) is 2. The van der Waals surface area contributed by atoms with E-state index in [4.69, 9.17) is 4.74 Å². The Balaban J connectivity index is 1.96. The van der Waals surface area contributed by atoms with Gasteiger partial charge >= 0.3 is 0 Å². The molecule has 2 aromatic rings. The van der Waals surface area contributed by atoms with E-state index < -0.39 is 0 Å². The fraction of sp³-hybridized carbons (Fsp3) is 0.333. The van der Waals surface area contributed by atoms with Crippen LogP contribution in [0.1, 0.15) is 37.4 Å². The molecule has 0 radical (unpaired) electrons. The van der Waals surface area contributed by atoms with Crippen molar-refractivity contribution in [1.29, 1.82) is 0 Å². The van der Waals surface area contributed by atoms with Crippen molar-refractivity contribution in [2.45, 2.75) is 32.9 Å². The molecule has 0 heterocycles. The Kier molecular flexibility index (Phi) is 6.27. The third-order valence-electron chi connectivity index (χ3n) is 3.44. The minimum Gasteiger partial charge on any atom is -0.489 e. The first kappa shape index (κ1) is 16.1. The zero-order chi connectivity index (χ0) is 15.1. The Labute approximate surface area is 135 Å². The number of rotatable bonds is 7. The van der Waals surface area contributed by atoms with Crippen molar-refractivity contribution >= 4 is 15.9 Å². The molecule has 0 aromatic heterocycles. The van der Waals surface area contributed by atoms with Gasteiger partial charge in [-0.1, -0.05) is 54.0 Å². The van der Waals surface area contributed by atoms with Crippen LogP contribution in [-0.2, 0) is 6.61 Å². The molecule has 2 rings (SSSR count). The average molecular weight is 348 g/mol. The highest BCUT2D eigenvalue weighted by Gasteiger charge is 2.07. The van der Waals surface area contributed by atoms with Gasteiger partial charge in [-0.15, -0.1) is 0 Å². The zero-order valence-corrected chi connectivity index (χ0v) is 14.2. The van der Waals surface area contributed by atoms with E-state index >= 15 is 0 Å². The molecule has 0 fully saturated rings. The van der Waals surface area contributed by atoms with Crippen molar-refractivity contribution in [2.24, 2.45) is 0 Å². The van der Waals surface area contributed by atoms with Gasteiger partial charge in [0.2, 0.25) is 0 Å². The minimum absolute atomic E-state index is 0.425. The maximum atomic E-state index is 5.83. The number of benzene rings is 2. The number of halogens is 1. The molecule has 0 saturated heterocycles. The molecule has 0 amide bonds. The summed E-state index contributed by atoms with van der Waals surface area (Å²) >= 11 is 3.47. The van der Waals surface area contributed by atoms with Gasteiger partial charge in [-0.05, 0) is 48.4 Å². The first-order chi connectivity index (χ1) is 10.2. The SMILES string of the molecule is CCNC(CC)c1ccc(OCc2cccc(Br)c2)cc1. The van der Waals surface area contributed by atoms with Crippen LogP contribution in [0, 0.1) is 0 Å². The smallest absolute Gasteiger partial charge is 0.119 e. The molecule has 0 aliphatic heterocycles. The number of nitrogens with one attached hydrogen (secondary N) is 1. The van der Waals surface area contributed by atoms with E-state index in [1.54, 1.807) is 0 Å². The van der Waals surface area contributed by atoms with Crippen LogP contribution in [-0.4, -0.2) is 6.54 Å². The summed E-state index contributed by atoms with van der Waals surface area (Å²) in [5, 5.41) is 3.49. The lowest BCUT2D eigenvalue weighted by Crippen LogP contribution is -2.19. The van der Waals surface area contributed by atoms with E-state index in [9.17, 15) is 0 Å². The summed E-state index contributed by atoms with van der Waals surface area (Å²) in [5.74, 6) is 0.907. The van der Waals surface area contributed by atoms with Crippen LogP contribution in [0.3, 0.4) is 0 Å². The first-order valence-corrected chi connectivity index (χ1v) is 8.22. The summed E-state index contributed by atoms with van der Waals surface area (Å²) in [6.45, 7) is 5.91. The summed E-state index contributed by atoms with van der Waals surface area (Å²) in [6, 6.07) is 17.0. The number of hydrogen-bond donors (Lipinski definition) is 1. The van der Waals surface area contributed by atoms with E-state index in [0.29, 0.717) is 12.6 Å². The van der Waals surface area contributed by atoms with Gasteiger partial charge in [-0.25, -0.2) is 0 Å². The van der Waals surface area contributed by atoms with E-state index in [0.717, 1.165) is 28.8 Å². The second kappa shape index (κ2) is 8.20. The van der Waals surface area contributed by atoms with Crippen LogP contribution < -0.4 is 10.1 Å². The topological polar surface area (TPSA) is 21.3 Å². The van der Waals surface area contributed by atoms with Gasteiger partial charge in [0.05, 0.1) is 0 Å². The van der Waals surface area contributed by atoms with Crippen molar-refractivity contribution in [2.75, 3.05) is 6.54 Å². The molecule has 21 heavy (non-hydrogen) atoms. The summed E-state index contributed by atoms with van der Waals surface area (Å²) < 4.78 is 6.91. The Morgan fingerprint density at radius 2 is 1.86 bits per heavy atom. The van der Waals surface area contributed by atoms with E-state index in [2.05, 4.69) is 59.4 Å². The van der Waals surface area contributed by atoms with E-state index in [-0.39, 0.29) is 0 Å². The van der Waals surface area contributed by atoms with Crippen molar-refractivity contribution in [3.05, 3.63) is 64.1 Å². The highest BCUT2D eigenvalue weighted by molar-refractivity contribution is 9.10. The number of ether oxygens (including phenoxy) is 1. The molecule has 2 nitrogen and oxygen atoms in total. The fourth-order valence-corrected chi connectivity index (χ4v) is 2.78. The maximum Gasteiger partial charge on any atom is 0.119 e. The molecule has 0 aliphatic carbocycles. The van der Waals surface area contributed by atoms with Gasteiger partial charge in [-0.3, -0.25) is 0 Å². The molecule has 1 unspecified atom stereocenters. The molecule has 0 saturated carbocycles. The molecule has 0 spiro atoms. The van der Waals surface area contributed by atoms with Gasteiger partial charge in [0.25, 0.3) is 0 Å². The highest BCUT2D eigenvalue weighted by Crippen LogP contribution is 2.21. The van der Waals surface area contributed by atoms with Crippen molar-refractivity contribution in [1.82, 2.24) is 5.32 Å². The lowest BCUT2D eigenvalue weighted by atomic mass is 10.0. The average Bonchev–Trinajstić information content (AvgIpc) is 2.51. The third-order valence-corrected chi connectivity index (χ3v) is 3.93. The predicted octanol–water partition coefficient (Wildman–Crippen LogP) is 5.09. The van der Waals surface area contributed by atoms with Crippen LogP contribution in [0.2, 0.25) is 0 Å². The summed E-state index contributed by atoms with van der Waals surface area (Å²) in [4.78, 5) is 0. The first-order valence-electron chi connectivity index (χ1n) is 7.43. The summed E-state index contributed by atoms with van der Waals surface area (Å²) in [7, 11) is 0. The monoisotopic (exact) mass is 347 g/mol. The van der Waals surface area contributed by atoms with Crippen LogP contribution in [0.5, 0.6) is 5.75 Å². The van der Waals surface area contributed by atoms with Gasteiger partial charge < -0.3 is 10.1 Å². The van der Waals surface area contributed by atoms with E-state index in [1.807, 2.05) is 24.3 Å². The van der Waals surface area contributed by atoms with Gasteiger partial charge in [0.15, 0.2) is 0 Å². The van der Waals surface area contributed by atoms with E-state index in [1.165, 1.54) is 5.56 Å². The lowest BCUT2D eigenvalue weighted by molar-refractivity contribution is 0.306. The molecule has 0 bridgehead atoms. The lowest BCUT2D eigenvalue weighted by Gasteiger charge is -2.16. The second-order valence-corrected chi connectivity index (χ2v) is 5.92. The standard InChI is InChI=1S/C18H22BrNO/c1-3-18(20-4-2)15-8-10-17(11-9-15)21-13-14-6-5-7-16(19)12-14/h5-12,18,20H,3-4,13H2,1-2H3. The van der Waals surface area contributed by atoms with Crippen LogP contribution in [0.15, 0.2) is 53.0 Å². The van der Waals surface area contributed by atoms with Gasteiger partial charge in [0.1, 0.15) is 12.4 Å². The summed E-state index contributed by atoms with van der Waals surface area (Å²) in [6.07, 6.45) is 1.09. The second-order valence-electron chi connectivity index (χ2n) is 5.01. The molecule has 112 valence electrons. The summed E-state index contributed by atoms with van der Waals surface area (Å²) in [5.41, 5.74) is 2.47. The molecule has 1 N–H and O–H groups in total. The normalized spacial score (nSPS) is 12.1. The molecule has 2 aromatic carbocycles. The quantitative estimate of drug-likeness (QED) is 0.753. The largest absolute Gasteiger partial charge is 0.489 e. The molecule has 3 heteroatoms. The zero-order valence-electron chi connectivity index (χ0n) is 12.6. The highest BCUT2D eigenvalue weighted by atomic mass is 79.9. The predicted molar refractivity (Wildman–Crippen MR) is 91.6 cm³/mol. The van der Waals surface area contributed by atoms with Crippen molar-refractivity contribution in [3.63, 3.8) is 0 Å². The van der Waals surface area contributed by atoms with Gasteiger partial charge in [0, 0.05) is 10.5 Å². The minimum atomic E-state index is 0.425. The molecule has 1 atom stereocenters. The van der Waals surface area contributed by atoms with Gasteiger partial charge in [-0.2, -0.15) is 0 Å². The Hall–Kier alpha value is -1.32. The maximum absolute atomic E-state index is 5.83. The van der Waals surface area contributed by atoms with Crippen molar-refractivity contribution < 1.29 is 4.74 Å². The Bertz CT molecular complexity index is 553. The van der Waals surface area contributed by atoms with Crippen LogP contribution >= 0.6 is 15.9 Å². The molecular weight excluding hydrogens is 326 g/mol. The molecule has 0 aliphatic rings.